The molecule has 7 heteroatoms. The summed E-state index contributed by atoms with van der Waals surface area (Å²) in [5, 5.41) is 45.3. The van der Waals surface area contributed by atoms with Crippen LogP contribution in [0.3, 0.4) is 0 Å². The van der Waals surface area contributed by atoms with Crippen molar-refractivity contribution in [3.8, 4) is 0 Å². The summed E-state index contributed by atoms with van der Waals surface area (Å²) >= 11 is 0. The Balaban J connectivity index is 2.72. The molecule has 5 N–H and O–H groups in total. The Hall–Kier alpha value is -0.730. The fourth-order valence-corrected chi connectivity index (χ4v) is 1.48. The molecule has 0 aliphatic carbocycles. The van der Waals surface area contributed by atoms with Gasteiger partial charge in [-0.05, 0) is 0 Å². The lowest BCUT2D eigenvalue weighted by Crippen LogP contribution is -2.55. The number of rotatable bonds is 3. The average molecular weight is 222 g/mol. The predicted molar refractivity (Wildman–Crippen MR) is 46.0 cm³/mol. The first-order valence-corrected chi connectivity index (χ1v) is 4.50. The average Bonchev–Trinajstić information content (AvgIpc) is 2.20. The monoisotopic (exact) mass is 222 g/mol. The van der Waals surface area contributed by atoms with E-state index in [0.717, 1.165) is 0 Å². The third kappa shape index (κ3) is 2.64. The minimum absolute atomic E-state index is 0.245. The van der Waals surface area contributed by atoms with Crippen LogP contribution in [0.25, 0.3) is 0 Å². The smallest absolute Gasteiger partial charge is 0.332 e. The second kappa shape index (κ2) is 4.86. The van der Waals surface area contributed by atoms with E-state index >= 15 is 0 Å². The van der Waals surface area contributed by atoms with Crippen LogP contribution >= 0.6 is 0 Å². The molecule has 1 heterocycles. The molecule has 0 aromatic heterocycles. The minimum atomic E-state index is -1.42. The SMILES string of the molecule is O=C(O)[C@H]1C[C@@H](O)[C@@H](O)[C@@H]([C@H](O)CO)O1. The molecule has 1 rings (SSSR count). The summed E-state index contributed by atoms with van der Waals surface area (Å²) in [4.78, 5) is 10.6. The van der Waals surface area contributed by atoms with Crippen molar-refractivity contribution >= 4 is 5.97 Å². The van der Waals surface area contributed by atoms with Crippen molar-refractivity contribution in [1.82, 2.24) is 0 Å². The lowest BCUT2D eigenvalue weighted by Gasteiger charge is -2.37. The quantitative estimate of drug-likeness (QED) is 0.351. The molecule has 0 amide bonds. The largest absolute Gasteiger partial charge is 0.479 e. The van der Waals surface area contributed by atoms with E-state index in [-0.39, 0.29) is 6.42 Å². The van der Waals surface area contributed by atoms with Crippen LogP contribution in [0.1, 0.15) is 6.42 Å². The van der Waals surface area contributed by atoms with Gasteiger partial charge in [-0.1, -0.05) is 0 Å². The van der Waals surface area contributed by atoms with Crippen molar-refractivity contribution < 1.29 is 35.1 Å². The van der Waals surface area contributed by atoms with Gasteiger partial charge in [-0.3, -0.25) is 0 Å². The van der Waals surface area contributed by atoms with E-state index in [1.807, 2.05) is 0 Å². The van der Waals surface area contributed by atoms with E-state index in [2.05, 4.69) is 0 Å². The first-order chi connectivity index (χ1) is 6.97. The lowest BCUT2D eigenvalue weighted by molar-refractivity contribution is -0.212. The van der Waals surface area contributed by atoms with Crippen molar-refractivity contribution in [2.24, 2.45) is 0 Å². The molecule has 1 aliphatic rings. The van der Waals surface area contributed by atoms with E-state index in [1.54, 1.807) is 0 Å². The molecular weight excluding hydrogens is 208 g/mol. The molecule has 0 bridgehead atoms. The van der Waals surface area contributed by atoms with Gasteiger partial charge in [-0.25, -0.2) is 4.79 Å². The number of ether oxygens (including phenoxy) is 1. The maximum absolute atomic E-state index is 10.6. The Bertz CT molecular complexity index is 231. The number of aliphatic hydroxyl groups excluding tert-OH is 4. The summed E-state index contributed by atoms with van der Waals surface area (Å²) in [5.74, 6) is -1.28. The molecular formula is C8H14O7. The Kier molecular flexibility index (Phi) is 4.00. The van der Waals surface area contributed by atoms with Gasteiger partial charge >= 0.3 is 5.97 Å². The maximum Gasteiger partial charge on any atom is 0.332 e. The molecule has 0 unspecified atom stereocenters. The van der Waals surface area contributed by atoms with Crippen molar-refractivity contribution in [3.05, 3.63) is 0 Å². The zero-order valence-electron chi connectivity index (χ0n) is 7.85. The number of aliphatic hydroxyl groups is 4. The third-order valence-corrected chi connectivity index (χ3v) is 2.35. The standard InChI is InChI=1S/C8H14O7/c9-2-4(11)7-6(12)3(10)1-5(15-7)8(13)14/h3-7,9-12H,1-2H2,(H,13,14)/t3-,4-,5-,6-,7-/m1/s1. The maximum atomic E-state index is 10.6. The van der Waals surface area contributed by atoms with Crippen molar-refractivity contribution in [2.45, 2.75) is 36.9 Å². The second-order valence-corrected chi connectivity index (χ2v) is 3.47. The number of hydrogen-bond donors (Lipinski definition) is 5. The van der Waals surface area contributed by atoms with E-state index in [1.165, 1.54) is 0 Å². The highest BCUT2D eigenvalue weighted by atomic mass is 16.6. The summed E-state index contributed by atoms with van der Waals surface area (Å²) < 4.78 is 4.86. The van der Waals surface area contributed by atoms with Crippen LogP contribution in [0.4, 0.5) is 0 Å². The molecule has 0 spiro atoms. The summed E-state index contributed by atoms with van der Waals surface area (Å²) in [7, 11) is 0. The number of carboxylic acids is 1. The topological polar surface area (TPSA) is 127 Å². The van der Waals surface area contributed by atoms with Crippen molar-refractivity contribution in [3.63, 3.8) is 0 Å². The van der Waals surface area contributed by atoms with E-state index in [9.17, 15) is 20.1 Å². The van der Waals surface area contributed by atoms with Gasteiger partial charge in [0.25, 0.3) is 0 Å². The first-order valence-electron chi connectivity index (χ1n) is 4.50. The molecule has 7 nitrogen and oxygen atoms in total. The second-order valence-electron chi connectivity index (χ2n) is 3.47. The highest BCUT2D eigenvalue weighted by Gasteiger charge is 2.42. The molecule has 1 aliphatic heterocycles. The van der Waals surface area contributed by atoms with E-state index in [4.69, 9.17) is 14.9 Å². The van der Waals surface area contributed by atoms with Gasteiger partial charge in [0.2, 0.25) is 0 Å². The molecule has 1 saturated heterocycles. The molecule has 15 heavy (non-hydrogen) atoms. The van der Waals surface area contributed by atoms with Gasteiger partial charge in [0.15, 0.2) is 6.10 Å². The lowest BCUT2D eigenvalue weighted by atomic mass is 9.95. The third-order valence-electron chi connectivity index (χ3n) is 2.35. The predicted octanol–water partition coefficient (Wildman–Crippen LogP) is -2.70. The molecule has 0 aromatic carbocycles. The normalized spacial score (nSPS) is 38.7. The Morgan fingerprint density at radius 3 is 2.53 bits per heavy atom. The Morgan fingerprint density at radius 1 is 1.47 bits per heavy atom. The molecule has 1 fully saturated rings. The van der Waals surface area contributed by atoms with Crippen LogP contribution in [0.5, 0.6) is 0 Å². The van der Waals surface area contributed by atoms with Crippen LogP contribution in [0.2, 0.25) is 0 Å². The van der Waals surface area contributed by atoms with E-state index in [0.29, 0.717) is 0 Å². The summed E-state index contributed by atoms with van der Waals surface area (Å²) in [5.41, 5.74) is 0. The summed E-state index contributed by atoms with van der Waals surface area (Å²) in [6, 6.07) is 0. The van der Waals surface area contributed by atoms with Crippen LogP contribution in [-0.2, 0) is 9.53 Å². The molecule has 0 radical (unpaired) electrons. The van der Waals surface area contributed by atoms with Gasteiger partial charge in [0, 0.05) is 6.42 Å². The zero-order valence-corrected chi connectivity index (χ0v) is 7.85. The summed E-state index contributed by atoms with van der Waals surface area (Å²) in [6.07, 6.45) is -6.93. The number of aliphatic carboxylic acids is 1. The van der Waals surface area contributed by atoms with Gasteiger partial charge in [0.1, 0.15) is 18.3 Å². The summed E-state index contributed by atoms with van der Waals surface area (Å²) in [6.45, 7) is -0.680. The number of hydrogen-bond acceptors (Lipinski definition) is 6. The minimum Gasteiger partial charge on any atom is -0.479 e. The van der Waals surface area contributed by atoms with Crippen molar-refractivity contribution in [2.75, 3.05) is 6.61 Å². The van der Waals surface area contributed by atoms with Crippen LogP contribution in [0, 0.1) is 0 Å². The van der Waals surface area contributed by atoms with Crippen LogP contribution in [0.15, 0.2) is 0 Å². The van der Waals surface area contributed by atoms with Gasteiger partial charge in [-0.15, -0.1) is 0 Å². The molecule has 0 saturated carbocycles. The molecule has 5 atom stereocenters. The van der Waals surface area contributed by atoms with Gasteiger partial charge in [-0.2, -0.15) is 0 Å². The zero-order chi connectivity index (χ0) is 11.6. The fourth-order valence-electron chi connectivity index (χ4n) is 1.48. The Labute approximate surface area is 85.5 Å². The van der Waals surface area contributed by atoms with Crippen LogP contribution in [-0.4, -0.2) is 68.6 Å². The number of carbonyl (C=O) groups is 1. The number of carboxylic acid groups (broad SMARTS) is 1. The highest BCUT2D eigenvalue weighted by Crippen LogP contribution is 2.22. The molecule has 88 valence electrons. The Morgan fingerprint density at radius 2 is 2.07 bits per heavy atom. The molecule has 0 aromatic rings. The van der Waals surface area contributed by atoms with Gasteiger partial charge in [0.05, 0.1) is 12.7 Å². The van der Waals surface area contributed by atoms with Crippen molar-refractivity contribution in [1.29, 1.82) is 0 Å². The first kappa shape index (κ1) is 12.3. The fraction of sp³-hybridized carbons (Fsp3) is 0.875. The highest BCUT2D eigenvalue weighted by molar-refractivity contribution is 5.72. The van der Waals surface area contributed by atoms with Crippen LogP contribution < -0.4 is 0 Å². The van der Waals surface area contributed by atoms with E-state index < -0.39 is 43.1 Å². The van der Waals surface area contributed by atoms with Gasteiger partial charge < -0.3 is 30.3 Å².